The van der Waals surface area contributed by atoms with Crippen LogP contribution in [0.15, 0.2) is 46.9 Å². The van der Waals surface area contributed by atoms with Crippen molar-refractivity contribution in [3.63, 3.8) is 0 Å². The molecule has 0 saturated heterocycles. The molecule has 0 aromatic heterocycles. The SMILES string of the molecule is NCC(=O)c1cccc(NCN2C(=O)c3ccc(Br)cc3C2=O)c1. The van der Waals surface area contributed by atoms with E-state index < -0.39 is 0 Å². The van der Waals surface area contributed by atoms with Gasteiger partial charge in [0.15, 0.2) is 5.78 Å². The second-order valence-electron chi connectivity index (χ2n) is 5.27. The average Bonchev–Trinajstić information content (AvgIpc) is 2.83. The number of nitrogens with one attached hydrogen (secondary N) is 1. The summed E-state index contributed by atoms with van der Waals surface area (Å²) in [6.07, 6.45) is 0. The molecule has 7 heteroatoms. The van der Waals surface area contributed by atoms with Crippen molar-refractivity contribution in [3.8, 4) is 0 Å². The average molecular weight is 388 g/mol. The summed E-state index contributed by atoms with van der Waals surface area (Å²) >= 11 is 3.30. The Bertz CT molecular complexity index is 851. The summed E-state index contributed by atoms with van der Waals surface area (Å²) in [5, 5.41) is 3.00. The van der Waals surface area contributed by atoms with E-state index in [4.69, 9.17) is 5.73 Å². The van der Waals surface area contributed by atoms with Crippen LogP contribution in [0.2, 0.25) is 0 Å². The summed E-state index contributed by atoms with van der Waals surface area (Å²) in [5.74, 6) is -0.869. The number of benzene rings is 2. The number of rotatable bonds is 5. The minimum atomic E-state index is -0.349. The first-order valence-electron chi connectivity index (χ1n) is 7.24. The fraction of sp³-hybridized carbons (Fsp3) is 0.118. The van der Waals surface area contributed by atoms with Gasteiger partial charge < -0.3 is 11.1 Å². The van der Waals surface area contributed by atoms with E-state index in [2.05, 4.69) is 21.2 Å². The van der Waals surface area contributed by atoms with E-state index in [9.17, 15) is 14.4 Å². The Balaban J connectivity index is 1.75. The number of carbonyl (C=O) groups is 3. The van der Waals surface area contributed by atoms with E-state index in [0.717, 1.165) is 9.37 Å². The highest BCUT2D eigenvalue weighted by atomic mass is 79.9. The van der Waals surface area contributed by atoms with Crippen molar-refractivity contribution in [2.24, 2.45) is 5.73 Å². The Hall–Kier alpha value is -2.51. The monoisotopic (exact) mass is 387 g/mol. The molecule has 2 aromatic carbocycles. The smallest absolute Gasteiger partial charge is 0.263 e. The summed E-state index contributed by atoms with van der Waals surface area (Å²) in [6, 6.07) is 11.8. The number of fused-ring (bicyclic) bond motifs is 1. The highest BCUT2D eigenvalue weighted by Crippen LogP contribution is 2.26. The number of hydrogen-bond donors (Lipinski definition) is 2. The molecule has 0 fully saturated rings. The van der Waals surface area contributed by atoms with Crippen LogP contribution in [-0.4, -0.2) is 35.7 Å². The molecule has 1 aliphatic heterocycles. The van der Waals surface area contributed by atoms with Crippen molar-refractivity contribution in [2.45, 2.75) is 0 Å². The number of nitrogens with two attached hydrogens (primary N) is 1. The Morgan fingerprint density at radius 3 is 2.58 bits per heavy atom. The lowest BCUT2D eigenvalue weighted by Crippen LogP contribution is -2.34. The number of ketones is 1. The van der Waals surface area contributed by atoms with Crippen LogP contribution in [0.4, 0.5) is 5.69 Å². The van der Waals surface area contributed by atoms with Crippen LogP contribution in [0.25, 0.3) is 0 Å². The minimum absolute atomic E-state index is 0.0181. The number of halogens is 1. The lowest BCUT2D eigenvalue weighted by atomic mass is 10.1. The highest BCUT2D eigenvalue weighted by Gasteiger charge is 2.35. The lowest BCUT2D eigenvalue weighted by Gasteiger charge is -2.16. The van der Waals surface area contributed by atoms with Crippen molar-refractivity contribution in [1.82, 2.24) is 4.90 Å². The molecule has 3 N–H and O–H groups in total. The van der Waals surface area contributed by atoms with E-state index >= 15 is 0 Å². The molecule has 2 aromatic rings. The number of anilines is 1. The second-order valence-corrected chi connectivity index (χ2v) is 6.19. The molecule has 0 saturated carbocycles. The van der Waals surface area contributed by atoms with Gasteiger partial charge in [-0.2, -0.15) is 0 Å². The Morgan fingerprint density at radius 2 is 1.83 bits per heavy atom. The summed E-state index contributed by atoms with van der Waals surface area (Å²) in [7, 11) is 0. The normalized spacial score (nSPS) is 13.2. The van der Waals surface area contributed by atoms with Gasteiger partial charge in [-0.25, -0.2) is 0 Å². The number of amides is 2. The van der Waals surface area contributed by atoms with E-state index in [1.165, 1.54) is 0 Å². The molecule has 0 bridgehead atoms. The molecule has 0 atom stereocenters. The Labute approximate surface area is 146 Å². The van der Waals surface area contributed by atoms with Crippen LogP contribution in [-0.2, 0) is 0 Å². The number of hydrogen-bond acceptors (Lipinski definition) is 5. The number of carbonyl (C=O) groups excluding carboxylic acids is 3. The van der Waals surface area contributed by atoms with Crippen molar-refractivity contribution >= 4 is 39.2 Å². The van der Waals surface area contributed by atoms with Crippen molar-refractivity contribution < 1.29 is 14.4 Å². The van der Waals surface area contributed by atoms with Gasteiger partial charge in [0.1, 0.15) is 0 Å². The van der Waals surface area contributed by atoms with E-state index in [1.807, 2.05) is 0 Å². The van der Waals surface area contributed by atoms with Gasteiger partial charge in [0, 0.05) is 15.7 Å². The van der Waals surface area contributed by atoms with Crippen LogP contribution in [0, 0.1) is 0 Å². The largest absolute Gasteiger partial charge is 0.367 e. The van der Waals surface area contributed by atoms with Gasteiger partial charge in [0.05, 0.1) is 24.3 Å². The first kappa shape index (κ1) is 16.4. The predicted octanol–water partition coefficient (Wildman–Crippen LogP) is 2.26. The third-order valence-corrected chi connectivity index (χ3v) is 4.24. The van der Waals surface area contributed by atoms with Crippen molar-refractivity contribution in [3.05, 3.63) is 63.6 Å². The maximum Gasteiger partial charge on any atom is 0.263 e. The van der Waals surface area contributed by atoms with Gasteiger partial charge in [0.25, 0.3) is 11.8 Å². The van der Waals surface area contributed by atoms with Gasteiger partial charge in [-0.3, -0.25) is 19.3 Å². The van der Waals surface area contributed by atoms with Gasteiger partial charge in [-0.05, 0) is 30.3 Å². The van der Waals surface area contributed by atoms with Crippen LogP contribution in [0.1, 0.15) is 31.1 Å². The van der Waals surface area contributed by atoms with Gasteiger partial charge >= 0.3 is 0 Å². The summed E-state index contributed by atoms with van der Waals surface area (Å²) in [5.41, 5.74) is 7.23. The first-order chi connectivity index (χ1) is 11.5. The van der Waals surface area contributed by atoms with Crippen molar-refractivity contribution in [1.29, 1.82) is 0 Å². The number of nitrogens with zero attached hydrogens (tertiary/aromatic N) is 1. The van der Waals surface area contributed by atoms with Gasteiger partial charge in [-0.1, -0.05) is 28.1 Å². The molecule has 122 valence electrons. The van der Waals surface area contributed by atoms with E-state index in [0.29, 0.717) is 22.4 Å². The third kappa shape index (κ3) is 2.95. The molecule has 6 nitrogen and oxygen atoms in total. The lowest BCUT2D eigenvalue weighted by molar-refractivity contribution is 0.0665. The maximum absolute atomic E-state index is 12.4. The third-order valence-electron chi connectivity index (χ3n) is 3.74. The Morgan fingerprint density at radius 1 is 1.08 bits per heavy atom. The highest BCUT2D eigenvalue weighted by molar-refractivity contribution is 9.10. The topological polar surface area (TPSA) is 92.5 Å². The number of Topliss-reactive ketones (excluding diaryl/α,β-unsaturated/α-hetero) is 1. The molecule has 0 radical (unpaired) electrons. The summed E-state index contributed by atoms with van der Waals surface area (Å²) in [4.78, 5) is 37.5. The fourth-order valence-corrected chi connectivity index (χ4v) is 2.86. The van der Waals surface area contributed by atoms with Gasteiger partial charge in [0.2, 0.25) is 0 Å². The molecule has 3 rings (SSSR count). The molecule has 1 heterocycles. The summed E-state index contributed by atoms with van der Waals surface area (Å²) in [6.45, 7) is -0.0546. The molecule has 0 aliphatic carbocycles. The first-order valence-corrected chi connectivity index (χ1v) is 8.03. The summed E-state index contributed by atoms with van der Waals surface area (Å²) < 4.78 is 0.741. The quantitative estimate of drug-likeness (QED) is 0.606. The van der Waals surface area contributed by atoms with Crippen LogP contribution in [0.5, 0.6) is 0 Å². The van der Waals surface area contributed by atoms with Crippen LogP contribution in [0.3, 0.4) is 0 Å². The van der Waals surface area contributed by atoms with E-state index in [-0.39, 0.29) is 30.8 Å². The minimum Gasteiger partial charge on any atom is -0.367 e. The van der Waals surface area contributed by atoms with Gasteiger partial charge in [-0.15, -0.1) is 0 Å². The second kappa shape index (κ2) is 6.54. The predicted molar refractivity (Wildman–Crippen MR) is 93.0 cm³/mol. The molecule has 24 heavy (non-hydrogen) atoms. The molecule has 1 aliphatic rings. The zero-order valence-electron chi connectivity index (χ0n) is 12.6. The molecule has 0 spiro atoms. The van der Waals surface area contributed by atoms with Crippen molar-refractivity contribution in [2.75, 3.05) is 18.5 Å². The number of imide groups is 1. The van der Waals surface area contributed by atoms with Crippen LogP contribution < -0.4 is 11.1 Å². The molecule has 0 unspecified atom stereocenters. The standard InChI is InChI=1S/C17H14BrN3O3/c18-11-4-5-13-14(7-11)17(24)21(16(13)23)9-20-12-3-1-2-10(6-12)15(22)8-19/h1-7,20H,8-9,19H2. The molecular formula is C17H14BrN3O3. The zero-order chi connectivity index (χ0) is 17.3. The van der Waals surface area contributed by atoms with E-state index in [1.54, 1.807) is 42.5 Å². The Kier molecular flexibility index (Phi) is 4.46. The maximum atomic E-state index is 12.4. The fourth-order valence-electron chi connectivity index (χ4n) is 2.50. The zero-order valence-corrected chi connectivity index (χ0v) is 14.2. The van der Waals surface area contributed by atoms with Crippen LogP contribution >= 0.6 is 15.9 Å². The molecule has 2 amide bonds. The molecular weight excluding hydrogens is 374 g/mol.